The molecule has 0 spiro atoms. The van der Waals surface area contributed by atoms with E-state index in [-0.39, 0.29) is 0 Å². The molecule has 3 aromatic rings. The number of hydrogen-bond acceptors (Lipinski definition) is 4. The lowest BCUT2D eigenvalue weighted by Gasteiger charge is -2.27. The fourth-order valence-corrected chi connectivity index (χ4v) is 3.04. The second-order valence-electron chi connectivity index (χ2n) is 6.95. The molecule has 6 heteroatoms. The highest BCUT2D eigenvalue weighted by Crippen LogP contribution is 2.24. The van der Waals surface area contributed by atoms with Crippen molar-refractivity contribution in [1.29, 1.82) is 0 Å². The first-order valence-corrected chi connectivity index (χ1v) is 9.20. The van der Waals surface area contributed by atoms with Gasteiger partial charge in [0.05, 0.1) is 6.54 Å². The van der Waals surface area contributed by atoms with E-state index in [1.807, 2.05) is 66.5 Å². The molecule has 6 nitrogen and oxygen atoms in total. The van der Waals surface area contributed by atoms with Crippen LogP contribution in [0.1, 0.15) is 12.5 Å². The largest absolute Gasteiger partial charge is 0.492 e. The summed E-state index contributed by atoms with van der Waals surface area (Å²) in [6, 6.07) is 17.1. The van der Waals surface area contributed by atoms with E-state index < -0.39 is 11.5 Å². The lowest BCUT2D eigenvalue weighted by Crippen LogP contribution is -2.40. The minimum absolute atomic E-state index is 0.389. The Bertz CT molecular complexity index is 879. The van der Waals surface area contributed by atoms with Gasteiger partial charge in [-0.3, -0.25) is 0 Å². The van der Waals surface area contributed by atoms with Crippen molar-refractivity contribution in [1.82, 2.24) is 9.55 Å². The molecule has 0 aliphatic heterocycles. The molecule has 0 saturated heterocycles. The number of carbonyl (C=O) groups is 1. The van der Waals surface area contributed by atoms with Crippen LogP contribution in [0.5, 0.6) is 5.75 Å². The number of ether oxygens (including phenoxy) is 1. The van der Waals surface area contributed by atoms with Gasteiger partial charge in [0, 0.05) is 32.1 Å². The minimum atomic E-state index is -1.03. The fraction of sp³-hybridized carbons (Fsp3) is 0.273. The normalized spacial score (nSPS) is 12.9. The van der Waals surface area contributed by atoms with E-state index in [9.17, 15) is 9.90 Å². The summed E-state index contributed by atoms with van der Waals surface area (Å²) in [5.74, 6) is 0.803. The Morgan fingerprint density at radius 2 is 1.86 bits per heavy atom. The number of likely N-dealkylation sites (N-methyl/N-ethyl adjacent to an activating group) is 1. The number of carboxylic acids is 1. The van der Waals surface area contributed by atoms with Crippen molar-refractivity contribution in [3.8, 4) is 5.75 Å². The van der Waals surface area contributed by atoms with Crippen LogP contribution in [0.15, 0.2) is 73.2 Å². The van der Waals surface area contributed by atoms with Crippen LogP contribution < -0.4 is 9.64 Å². The number of anilines is 1. The molecule has 0 aliphatic carbocycles. The fourth-order valence-electron chi connectivity index (χ4n) is 3.04. The first kappa shape index (κ1) is 19.5. The maximum atomic E-state index is 11.9. The number of rotatable bonds is 9. The summed E-state index contributed by atoms with van der Waals surface area (Å²) in [5, 5.41) is 9.73. The van der Waals surface area contributed by atoms with Gasteiger partial charge in [-0.2, -0.15) is 0 Å². The van der Waals surface area contributed by atoms with Crippen molar-refractivity contribution in [2.75, 3.05) is 25.1 Å². The van der Waals surface area contributed by atoms with Crippen molar-refractivity contribution in [3.63, 3.8) is 0 Å². The molecule has 1 atom stereocenters. The van der Waals surface area contributed by atoms with Crippen molar-refractivity contribution in [2.24, 2.45) is 0 Å². The van der Waals surface area contributed by atoms with Gasteiger partial charge in [-0.15, -0.1) is 0 Å². The maximum absolute atomic E-state index is 11.9. The summed E-state index contributed by atoms with van der Waals surface area (Å²) in [5.41, 5.74) is -0.0892. The van der Waals surface area contributed by atoms with Gasteiger partial charge in [0.25, 0.3) is 0 Å². The molecule has 2 heterocycles. The Morgan fingerprint density at radius 1 is 1.14 bits per heavy atom. The smallest absolute Gasteiger partial charge is 0.329 e. The Morgan fingerprint density at radius 3 is 2.46 bits per heavy atom. The molecule has 146 valence electrons. The predicted molar refractivity (Wildman–Crippen MR) is 109 cm³/mol. The molecule has 1 aromatic carbocycles. The Hall–Kier alpha value is -3.28. The zero-order valence-electron chi connectivity index (χ0n) is 16.2. The highest BCUT2D eigenvalue weighted by Gasteiger charge is 2.34. The molecular weight excluding hydrogens is 354 g/mol. The molecule has 0 saturated carbocycles. The zero-order valence-corrected chi connectivity index (χ0v) is 16.2. The summed E-state index contributed by atoms with van der Waals surface area (Å²) >= 11 is 0. The molecule has 0 radical (unpaired) electrons. The quantitative estimate of drug-likeness (QED) is 0.617. The Labute approximate surface area is 165 Å². The number of carboxylic acid groups (broad SMARTS) is 1. The van der Waals surface area contributed by atoms with Crippen molar-refractivity contribution >= 4 is 11.8 Å². The van der Waals surface area contributed by atoms with E-state index in [0.717, 1.165) is 17.1 Å². The number of hydrogen-bond donors (Lipinski definition) is 1. The third-order valence-electron chi connectivity index (χ3n) is 4.84. The van der Waals surface area contributed by atoms with Gasteiger partial charge in [0.2, 0.25) is 0 Å². The average Bonchev–Trinajstić information content (AvgIpc) is 3.25. The van der Waals surface area contributed by atoms with Crippen LogP contribution in [0, 0.1) is 0 Å². The molecule has 0 amide bonds. The van der Waals surface area contributed by atoms with Crippen molar-refractivity contribution in [3.05, 3.63) is 78.8 Å². The highest BCUT2D eigenvalue weighted by molar-refractivity contribution is 5.76. The third kappa shape index (κ3) is 4.52. The van der Waals surface area contributed by atoms with Crippen molar-refractivity contribution in [2.45, 2.75) is 18.9 Å². The lowest BCUT2D eigenvalue weighted by molar-refractivity contribution is -0.146. The molecule has 0 fully saturated rings. The number of pyridine rings is 1. The van der Waals surface area contributed by atoms with Crippen LogP contribution in [-0.4, -0.2) is 40.8 Å². The molecule has 0 aliphatic rings. The molecular formula is C22H25N3O3. The van der Waals surface area contributed by atoms with E-state index in [2.05, 4.69) is 4.98 Å². The zero-order chi connectivity index (χ0) is 20.0. The monoisotopic (exact) mass is 379 g/mol. The van der Waals surface area contributed by atoms with Crippen molar-refractivity contribution < 1.29 is 14.6 Å². The lowest BCUT2D eigenvalue weighted by atomic mass is 9.92. The standard InChI is InChI=1S/C22H25N3O3/c1-22(21(26)27,25-13-5-6-14-25)17-18-8-10-19(11-9-18)28-16-15-24(2)20-7-3-4-12-23-20/h3-14H,15-17H2,1-2H3,(H,26,27). The van der Waals surface area contributed by atoms with E-state index >= 15 is 0 Å². The van der Waals surface area contributed by atoms with Crippen LogP contribution in [0.4, 0.5) is 5.82 Å². The second-order valence-corrected chi connectivity index (χ2v) is 6.95. The van der Waals surface area contributed by atoms with E-state index in [1.54, 1.807) is 30.1 Å². The highest BCUT2D eigenvalue weighted by atomic mass is 16.5. The van der Waals surface area contributed by atoms with Gasteiger partial charge < -0.3 is 19.3 Å². The Balaban J connectivity index is 1.57. The first-order valence-electron chi connectivity index (χ1n) is 9.20. The molecule has 1 N–H and O–H groups in total. The average molecular weight is 379 g/mol. The number of aliphatic carboxylic acids is 1. The van der Waals surface area contributed by atoms with Gasteiger partial charge in [-0.05, 0) is 48.9 Å². The second kappa shape index (κ2) is 8.61. The summed E-state index contributed by atoms with van der Waals surface area (Å²) in [6.07, 6.45) is 5.72. The topological polar surface area (TPSA) is 67.6 Å². The van der Waals surface area contributed by atoms with Crippen LogP contribution in [0.2, 0.25) is 0 Å². The summed E-state index contributed by atoms with van der Waals surface area (Å²) in [6.45, 7) is 2.97. The molecule has 0 bridgehead atoms. The van der Waals surface area contributed by atoms with E-state index in [4.69, 9.17) is 4.74 Å². The first-order chi connectivity index (χ1) is 13.5. The Kier molecular flexibility index (Phi) is 5.99. The summed E-state index contributed by atoms with van der Waals surface area (Å²) < 4.78 is 7.54. The van der Waals surface area contributed by atoms with E-state index in [1.165, 1.54) is 0 Å². The summed E-state index contributed by atoms with van der Waals surface area (Å²) in [4.78, 5) is 18.2. The number of nitrogens with zero attached hydrogens (tertiary/aromatic N) is 3. The van der Waals surface area contributed by atoms with Crippen LogP contribution in [0.3, 0.4) is 0 Å². The molecule has 28 heavy (non-hydrogen) atoms. The van der Waals surface area contributed by atoms with Gasteiger partial charge in [0.1, 0.15) is 23.7 Å². The van der Waals surface area contributed by atoms with Gasteiger partial charge in [-0.25, -0.2) is 9.78 Å². The predicted octanol–water partition coefficient (Wildman–Crippen LogP) is 3.44. The van der Waals surface area contributed by atoms with Crippen LogP contribution in [-0.2, 0) is 16.8 Å². The minimum Gasteiger partial charge on any atom is -0.492 e. The third-order valence-corrected chi connectivity index (χ3v) is 4.84. The SMILES string of the molecule is CN(CCOc1ccc(CC(C)(C(=O)O)n2cccc2)cc1)c1ccccn1. The van der Waals surface area contributed by atoms with Crippen LogP contribution >= 0.6 is 0 Å². The van der Waals surface area contributed by atoms with Crippen LogP contribution in [0.25, 0.3) is 0 Å². The maximum Gasteiger partial charge on any atom is 0.329 e. The number of benzene rings is 1. The molecule has 3 rings (SSSR count). The molecule has 2 aromatic heterocycles. The van der Waals surface area contributed by atoms with Gasteiger partial charge in [-0.1, -0.05) is 18.2 Å². The summed E-state index contributed by atoms with van der Waals surface area (Å²) in [7, 11) is 1.97. The number of aromatic nitrogens is 2. The molecule has 1 unspecified atom stereocenters. The van der Waals surface area contributed by atoms with E-state index in [0.29, 0.717) is 19.6 Å². The van der Waals surface area contributed by atoms with Gasteiger partial charge >= 0.3 is 5.97 Å². The van der Waals surface area contributed by atoms with Gasteiger partial charge in [0.15, 0.2) is 0 Å².